The van der Waals surface area contributed by atoms with Gasteiger partial charge in [-0.2, -0.15) is 0 Å². The largest absolute Gasteiger partial charge is 0.410 e. The van der Waals surface area contributed by atoms with Gasteiger partial charge < -0.3 is 9.40 Å². The first kappa shape index (κ1) is 18.2. The fraction of sp³-hybridized carbons (Fsp3) is 0.444. The van der Waals surface area contributed by atoms with Crippen LogP contribution in [0, 0.1) is 0 Å². The number of amides is 1. The fourth-order valence-corrected chi connectivity index (χ4v) is 4.78. The molecule has 27 heavy (non-hydrogen) atoms. The number of hydrogen-bond acceptors (Lipinski definition) is 7. The third-order valence-electron chi connectivity index (χ3n) is 4.66. The maximum Gasteiger partial charge on any atom is 0.277 e. The van der Waals surface area contributed by atoms with Crippen molar-refractivity contribution < 1.29 is 9.21 Å². The van der Waals surface area contributed by atoms with Crippen molar-refractivity contribution in [1.82, 2.24) is 20.2 Å². The van der Waals surface area contributed by atoms with E-state index in [9.17, 15) is 4.79 Å². The zero-order chi connectivity index (χ0) is 18.6. The van der Waals surface area contributed by atoms with Crippen molar-refractivity contribution in [2.24, 2.45) is 0 Å². The van der Waals surface area contributed by atoms with E-state index in [1.165, 1.54) is 29.5 Å². The third kappa shape index (κ3) is 4.08. The summed E-state index contributed by atoms with van der Waals surface area (Å²) < 4.78 is 5.69. The molecule has 0 spiro atoms. The molecule has 1 N–H and O–H groups in total. The van der Waals surface area contributed by atoms with E-state index in [2.05, 4.69) is 20.2 Å². The lowest BCUT2D eigenvalue weighted by Crippen LogP contribution is -2.45. The molecule has 7 nitrogen and oxygen atoms in total. The highest BCUT2D eigenvalue weighted by Crippen LogP contribution is 2.32. The smallest absolute Gasteiger partial charge is 0.277 e. The minimum Gasteiger partial charge on any atom is -0.410 e. The van der Waals surface area contributed by atoms with Gasteiger partial charge in [0.25, 0.3) is 11.1 Å². The maximum absolute atomic E-state index is 13.3. The van der Waals surface area contributed by atoms with Gasteiger partial charge in [0.15, 0.2) is 5.13 Å². The minimum absolute atomic E-state index is 0.0430. The van der Waals surface area contributed by atoms with Gasteiger partial charge in [0.2, 0.25) is 5.91 Å². The summed E-state index contributed by atoms with van der Waals surface area (Å²) in [4.78, 5) is 22.6. The van der Waals surface area contributed by atoms with Crippen molar-refractivity contribution in [3.8, 4) is 11.6 Å². The molecular weight excluding hydrogens is 382 g/mol. The van der Waals surface area contributed by atoms with Crippen molar-refractivity contribution in [2.75, 3.05) is 4.90 Å². The molecule has 3 aromatic rings. The minimum atomic E-state index is -0.340. The molecule has 1 aliphatic carbocycles. The molecule has 0 saturated heterocycles. The number of hydrogen-bond donors (Lipinski definition) is 1. The van der Waals surface area contributed by atoms with Crippen molar-refractivity contribution in [3.63, 3.8) is 0 Å². The molecule has 3 aromatic heterocycles. The van der Waals surface area contributed by atoms with Crippen molar-refractivity contribution in [2.45, 2.75) is 55.5 Å². The number of thiazole rings is 1. The molecule has 142 valence electrons. The number of aromatic nitrogens is 4. The first-order chi connectivity index (χ1) is 13.2. The number of carbonyl (C=O) groups is 1. The normalized spacial score (nSPS) is 16.3. The SMILES string of the molecule is C[C@@H](Sc1nnc(-c2ccc[nH]2)o1)C(=O)N(c1nccs1)C1CCCCC1. The Labute approximate surface area is 165 Å². The first-order valence-electron chi connectivity index (χ1n) is 9.09. The maximum atomic E-state index is 13.3. The van der Waals surface area contributed by atoms with Gasteiger partial charge in [-0.05, 0) is 31.9 Å². The predicted octanol–water partition coefficient (Wildman–Crippen LogP) is 4.37. The van der Waals surface area contributed by atoms with Gasteiger partial charge in [0, 0.05) is 23.8 Å². The molecule has 3 heterocycles. The van der Waals surface area contributed by atoms with Crippen LogP contribution in [-0.4, -0.2) is 37.4 Å². The van der Waals surface area contributed by atoms with Crippen LogP contribution in [0.4, 0.5) is 5.13 Å². The van der Waals surface area contributed by atoms with Gasteiger partial charge in [-0.3, -0.25) is 9.69 Å². The summed E-state index contributed by atoms with van der Waals surface area (Å²) in [5.41, 5.74) is 0.764. The first-order valence-corrected chi connectivity index (χ1v) is 10.8. The monoisotopic (exact) mass is 403 g/mol. The van der Waals surface area contributed by atoms with Crippen molar-refractivity contribution >= 4 is 34.1 Å². The Balaban J connectivity index is 1.49. The summed E-state index contributed by atoms with van der Waals surface area (Å²) in [7, 11) is 0. The molecule has 0 unspecified atom stereocenters. The number of nitrogens with zero attached hydrogens (tertiary/aromatic N) is 4. The van der Waals surface area contributed by atoms with Gasteiger partial charge in [-0.15, -0.1) is 21.5 Å². The van der Waals surface area contributed by atoms with E-state index in [1.54, 1.807) is 12.4 Å². The number of carbonyl (C=O) groups excluding carboxylic acids is 1. The highest BCUT2D eigenvalue weighted by molar-refractivity contribution is 8.00. The van der Waals surface area contributed by atoms with E-state index >= 15 is 0 Å². The predicted molar refractivity (Wildman–Crippen MR) is 106 cm³/mol. The molecule has 0 radical (unpaired) electrons. The second-order valence-corrected chi connectivity index (χ2v) is 8.70. The molecule has 1 fully saturated rings. The van der Waals surface area contributed by atoms with Crippen molar-refractivity contribution in [1.29, 1.82) is 0 Å². The zero-order valence-electron chi connectivity index (χ0n) is 15.0. The second kappa shape index (κ2) is 8.26. The average Bonchev–Trinajstić information content (AvgIpc) is 3.45. The summed E-state index contributed by atoms with van der Waals surface area (Å²) >= 11 is 2.80. The summed E-state index contributed by atoms with van der Waals surface area (Å²) in [6.45, 7) is 1.88. The fourth-order valence-electron chi connectivity index (χ4n) is 3.33. The highest BCUT2D eigenvalue weighted by Gasteiger charge is 2.32. The van der Waals surface area contributed by atoms with Gasteiger partial charge in [-0.25, -0.2) is 4.98 Å². The van der Waals surface area contributed by atoms with E-state index in [1.807, 2.05) is 29.3 Å². The number of H-pyrrole nitrogens is 1. The lowest BCUT2D eigenvalue weighted by Gasteiger charge is -2.33. The lowest BCUT2D eigenvalue weighted by molar-refractivity contribution is -0.118. The van der Waals surface area contributed by atoms with E-state index in [0.29, 0.717) is 11.1 Å². The van der Waals surface area contributed by atoms with Crippen LogP contribution in [0.1, 0.15) is 39.0 Å². The molecule has 0 aromatic carbocycles. The summed E-state index contributed by atoms with van der Waals surface area (Å²) in [6, 6.07) is 3.95. The lowest BCUT2D eigenvalue weighted by atomic mass is 9.94. The van der Waals surface area contributed by atoms with E-state index in [4.69, 9.17) is 4.42 Å². The third-order valence-corrected chi connectivity index (χ3v) is 6.36. The Morgan fingerprint density at radius 1 is 1.37 bits per heavy atom. The Hall–Kier alpha value is -2.13. The van der Waals surface area contributed by atoms with E-state index in [0.717, 1.165) is 36.5 Å². The Kier molecular flexibility index (Phi) is 5.58. The Morgan fingerprint density at radius 2 is 2.22 bits per heavy atom. The van der Waals surface area contributed by atoms with E-state index in [-0.39, 0.29) is 17.2 Å². The van der Waals surface area contributed by atoms with Gasteiger partial charge in [-0.1, -0.05) is 31.0 Å². The summed E-state index contributed by atoms with van der Waals surface area (Å²) in [5.74, 6) is 0.465. The number of thioether (sulfide) groups is 1. The molecule has 9 heteroatoms. The van der Waals surface area contributed by atoms with Crippen molar-refractivity contribution in [3.05, 3.63) is 29.9 Å². The molecule has 0 bridgehead atoms. The Bertz CT molecular complexity index is 856. The van der Waals surface area contributed by atoms with Crippen LogP contribution in [0.25, 0.3) is 11.6 Å². The molecular formula is C18H21N5O2S2. The number of aromatic amines is 1. The quantitative estimate of drug-likeness (QED) is 0.615. The molecule has 1 saturated carbocycles. The highest BCUT2D eigenvalue weighted by atomic mass is 32.2. The van der Waals surface area contributed by atoms with Crippen LogP contribution in [-0.2, 0) is 4.79 Å². The standard InChI is InChI=1S/C18H21N5O2S2/c1-12(27-18-22-21-15(25-18)14-8-5-9-19-14)16(24)23(17-20-10-11-26-17)13-6-3-2-4-7-13/h5,8-13,19H,2-4,6-7H2,1H3/t12-/m1/s1. The molecule has 0 aliphatic heterocycles. The van der Waals surface area contributed by atoms with Crippen LogP contribution in [0.2, 0.25) is 0 Å². The molecule has 1 atom stereocenters. The van der Waals surface area contributed by atoms with Crippen LogP contribution in [0.3, 0.4) is 0 Å². The van der Waals surface area contributed by atoms with E-state index < -0.39 is 0 Å². The second-order valence-electron chi connectivity index (χ2n) is 6.53. The van der Waals surface area contributed by atoms with Crippen LogP contribution in [0.15, 0.2) is 39.5 Å². The van der Waals surface area contributed by atoms with Gasteiger partial charge in [0.05, 0.1) is 5.25 Å². The number of rotatable bonds is 6. The van der Waals surface area contributed by atoms with Gasteiger partial charge >= 0.3 is 0 Å². The molecule has 4 rings (SSSR count). The number of anilines is 1. The van der Waals surface area contributed by atoms with Gasteiger partial charge in [0.1, 0.15) is 5.69 Å². The number of nitrogens with one attached hydrogen (secondary N) is 1. The topological polar surface area (TPSA) is 87.9 Å². The summed E-state index contributed by atoms with van der Waals surface area (Å²) in [5, 5.41) is 10.9. The Morgan fingerprint density at radius 3 is 2.93 bits per heavy atom. The summed E-state index contributed by atoms with van der Waals surface area (Å²) in [6.07, 6.45) is 9.16. The molecule has 1 amide bonds. The van der Waals surface area contributed by atoms with Crippen LogP contribution in [0.5, 0.6) is 0 Å². The zero-order valence-corrected chi connectivity index (χ0v) is 16.6. The average molecular weight is 404 g/mol. The van der Waals surface area contributed by atoms with Crippen LogP contribution < -0.4 is 4.90 Å². The van der Waals surface area contributed by atoms with Crippen LogP contribution >= 0.6 is 23.1 Å². The molecule has 1 aliphatic rings.